The third-order valence-electron chi connectivity index (χ3n) is 3.01. The van der Waals surface area contributed by atoms with Gasteiger partial charge in [0.25, 0.3) is 0 Å². The second-order valence-corrected chi connectivity index (χ2v) is 4.11. The number of hydrogen-bond donors (Lipinski definition) is 2. The predicted octanol–water partition coefficient (Wildman–Crippen LogP) is 0.692. The van der Waals surface area contributed by atoms with Crippen LogP contribution < -0.4 is 20.1 Å². The maximum Gasteiger partial charge on any atom is 0.161 e. The van der Waals surface area contributed by atoms with Gasteiger partial charge >= 0.3 is 0 Å². The molecule has 4 nitrogen and oxygen atoms in total. The lowest BCUT2D eigenvalue weighted by Gasteiger charge is -2.26. The van der Waals surface area contributed by atoms with E-state index in [1.807, 2.05) is 6.07 Å². The molecule has 0 saturated carbocycles. The average Bonchev–Trinajstić information content (AvgIpc) is 2.39. The van der Waals surface area contributed by atoms with Crippen LogP contribution in [0.25, 0.3) is 0 Å². The van der Waals surface area contributed by atoms with Crippen molar-refractivity contribution in [2.24, 2.45) is 0 Å². The SMILES string of the molecule is c1cc2c(cc1[C@H]1CNCCN1)OCCO2. The van der Waals surface area contributed by atoms with Crippen molar-refractivity contribution >= 4 is 0 Å². The molecule has 1 atom stereocenters. The smallest absolute Gasteiger partial charge is 0.161 e. The van der Waals surface area contributed by atoms with E-state index in [1.54, 1.807) is 0 Å². The second kappa shape index (κ2) is 4.31. The van der Waals surface area contributed by atoms with Crippen molar-refractivity contribution < 1.29 is 9.47 Å². The van der Waals surface area contributed by atoms with Crippen molar-refractivity contribution in [1.29, 1.82) is 0 Å². The van der Waals surface area contributed by atoms with Crippen LogP contribution in [-0.4, -0.2) is 32.8 Å². The molecule has 1 aromatic carbocycles. The summed E-state index contributed by atoms with van der Waals surface area (Å²) in [5.74, 6) is 1.73. The Balaban J connectivity index is 1.84. The van der Waals surface area contributed by atoms with Crippen LogP contribution in [0.5, 0.6) is 11.5 Å². The first-order valence-corrected chi connectivity index (χ1v) is 5.77. The largest absolute Gasteiger partial charge is 0.486 e. The van der Waals surface area contributed by atoms with Gasteiger partial charge in [-0.05, 0) is 17.7 Å². The summed E-state index contributed by atoms with van der Waals surface area (Å²) in [7, 11) is 0. The molecule has 2 aliphatic rings. The quantitative estimate of drug-likeness (QED) is 0.731. The predicted molar refractivity (Wildman–Crippen MR) is 61.0 cm³/mol. The maximum atomic E-state index is 5.58. The molecule has 2 aliphatic heterocycles. The summed E-state index contributed by atoms with van der Waals surface area (Å²) in [6, 6.07) is 6.57. The van der Waals surface area contributed by atoms with E-state index in [4.69, 9.17) is 9.47 Å². The Kier molecular flexibility index (Phi) is 2.68. The van der Waals surface area contributed by atoms with Crippen molar-refractivity contribution in [3.63, 3.8) is 0 Å². The number of benzene rings is 1. The average molecular weight is 220 g/mol. The van der Waals surface area contributed by atoms with Crippen LogP contribution >= 0.6 is 0 Å². The van der Waals surface area contributed by atoms with Crippen molar-refractivity contribution in [3.8, 4) is 11.5 Å². The van der Waals surface area contributed by atoms with Crippen LogP contribution in [-0.2, 0) is 0 Å². The number of hydrogen-bond acceptors (Lipinski definition) is 4. The standard InChI is InChI=1S/C12H16N2O2/c1-2-11-12(16-6-5-15-11)7-9(1)10-8-13-3-4-14-10/h1-2,7,10,13-14H,3-6,8H2/t10-/m1/s1. The van der Waals surface area contributed by atoms with Crippen LogP contribution in [0.1, 0.15) is 11.6 Å². The summed E-state index contributed by atoms with van der Waals surface area (Å²) in [4.78, 5) is 0. The molecular weight excluding hydrogens is 204 g/mol. The van der Waals surface area contributed by atoms with Crippen LogP contribution in [0.2, 0.25) is 0 Å². The fourth-order valence-corrected chi connectivity index (χ4v) is 2.17. The summed E-state index contributed by atoms with van der Waals surface area (Å²) >= 11 is 0. The highest BCUT2D eigenvalue weighted by atomic mass is 16.6. The van der Waals surface area contributed by atoms with Crippen molar-refractivity contribution in [2.75, 3.05) is 32.8 Å². The Morgan fingerprint density at radius 3 is 2.75 bits per heavy atom. The van der Waals surface area contributed by atoms with Gasteiger partial charge in [0.2, 0.25) is 0 Å². The zero-order valence-electron chi connectivity index (χ0n) is 9.16. The molecule has 0 spiro atoms. The molecule has 0 amide bonds. The molecule has 4 heteroatoms. The Labute approximate surface area is 94.9 Å². The molecule has 0 aliphatic carbocycles. The molecular formula is C12H16N2O2. The first-order chi connectivity index (χ1) is 7.93. The summed E-state index contributed by atoms with van der Waals surface area (Å²) in [6.45, 7) is 4.32. The third kappa shape index (κ3) is 1.86. The van der Waals surface area contributed by atoms with E-state index in [0.29, 0.717) is 19.3 Å². The molecule has 3 rings (SSSR count). The van der Waals surface area contributed by atoms with E-state index in [1.165, 1.54) is 5.56 Å². The summed E-state index contributed by atoms with van der Waals surface area (Å²) in [5, 5.41) is 6.86. The lowest BCUT2D eigenvalue weighted by molar-refractivity contribution is 0.171. The summed E-state index contributed by atoms with van der Waals surface area (Å²) in [5.41, 5.74) is 1.26. The normalized spacial score (nSPS) is 24.1. The van der Waals surface area contributed by atoms with E-state index in [9.17, 15) is 0 Å². The number of ether oxygens (including phenoxy) is 2. The number of rotatable bonds is 1. The van der Waals surface area contributed by atoms with Gasteiger partial charge in [0, 0.05) is 25.7 Å². The number of nitrogens with one attached hydrogen (secondary N) is 2. The molecule has 2 heterocycles. The minimum atomic E-state index is 0.379. The van der Waals surface area contributed by atoms with Gasteiger partial charge in [-0.1, -0.05) is 6.07 Å². The van der Waals surface area contributed by atoms with Gasteiger partial charge in [0.05, 0.1) is 0 Å². The van der Waals surface area contributed by atoms with E-state index >= 15 is 0 Å². The summed E-state index contributed by atoms with van der Waals surface area (Å²) in [6.07, 6.45) is 0. The monoisotopic (exact) mass is 220 g/mol. The maximum absolute atomic E-state index is 5.58. The summed E-state index contributed by atoms with van der Waals surface area (Å²) < 4.78 is 11.1. The second-order valence-electron chi connectivity index (χ2n) is 4.11. The molecule has 86 valence electrons. The molecule has 2 N–H and O–H groups in total. The van der Waals surface area contributed by atoms with Crippen LogP contribution in [0, 0.1) is 0 Å². The molecule has 1 saturated heterocycles. The minimum Gasteiger partial charge on any atom is -0.486 e. The van der Waals surface area contributed by atoms with Gasteiger partial charge in [0.1, 0.15) is 13.2 Å². The van der Waals surface area contributed by atoms with Crippen LogP contribution in [0.15, 0.2) is 18.2 Å². The third-order valence-corrected chi connectivity index (χ3v) is 3.01. The Morgan fingerprint density at radius 1 is 1.06 bits per heavy atom. The van der Waals surface area contributed by atoms with E-state index in [-0.39, 0.29) is 0 Å². The molecule has 0 radical (unpaired) electrons. The molecule has 0 aromatic heterocycles. The van der Waals surface area contributed by atoms with Crippen molar-refractivity contribution in [3.05, 3.63) is 23.8 Å². The van der Waals surface area contributed by atoms with Crippen molar-refractivity contribution in [1.82, 2.24) is 10.6 Å². The lowest BCUT2D eigenvalue weighted by Crippen LogP contribution is -2.42. The molecule has 0 bridgehead atoms. The number of piperazine rings is 1. The topological polar surface area (TPSA) is 42.5 Å². The van der Waals surface area contributed by atoms with Gasteiger partial charge < -0.3 is 20.1 Å². The highest BCUT2D eigenvalue weighted by molar-refractivity contribution is 5.44. The van der Waals surface area contributed by atoms with Gasteiger partial charge in [-0.3, -0.25) is 0 Å². The van der Waals surface area contributed by atoms with E-state index in [0.717, 1.165) is 31.1 Å². The van der Waals surface area contributed by atoms with E-state index in [2.05, 4.69) is 22.8 Å². The van der Waals surface area contributed by atoms with E-state index < -0.39 is 0 Å². The Hall–Kier alpha value is -1.26. The lowest BCUT2D eigenvalue weighted by atomic mass is 10.0. The fraction of sp³-hybridized carbons (Fsp3) is 0.500. The fourth-order valence-electron chi connectivity index (χ4n) is 2.17. The molecule has 1 fully saturated rings. The van der Waals surface area contributed by atoms with Gasteiger partial charge in [-0.2, -0.15) is 0 Å². The van der Waals surface area contributed by atoms with Crippen molar-refractivity contribution in [2.45, 2.75) is 6.04 Å². The van der Waals surface area contributed by atoms with Crippen LogP contribution in [0.3, 0.4) is 0 Å². The first kappa shape index (κ1) is 9.93. The van der Waals surface area contributed by atoms with Crippen LogP contribution in [0.4, 0.5) is 0 Å². The first-order valence-electron chi connectivity index (χ1n) is 5.77. The highest BCUT2D eigenvalue weighted by Crippen LogP contribution is 2.32. The zero-order valence-corrected chi connectivity index (χ0v) is 9.16. The molecule has 1 aromatic rings. The number of fused-ring (bicyclic) bond motifs is 1. The Morgan fingerprint density at radius 2 is 1.94 bits per heavy atom. The van der Waals surface area contributed by atoms with Gasteiger partial charge in [0.15, 0.2) is 11.5 Å². The Bertz CT molecular complexity index is 375. The molecule has 16 heavy (non-hydrogen) atoms. The highest BCUT2D eigenvalue weighted by Gasteiger charge is 2.18. The van der Waals surface area contributed by atoms with Gasteiger partial charge in [-0.15, -0.1) is 0 Å². The minimum absolute atomic E-state index is 0.379. The zero-order chi connectivity index (χ0) is 10.8. The van der Waals surface area contributed by atoms with Gasteiger partial charge in [-0.25, -0.2) is 0 Å². The molecule has 0 unspecified atom stereocenters.